The highest BCUT2D eigenvalue weighted by Crippen LogP contribution is 2.39. The van der Waals surface area contributed by atoms with E-state index in [2.05, 4.69) is 9.97 Å². The lowest BCUT2D eigenvalue weighted by Crippen LogP contribution is -2.19. The quantitative estimate of drug-likeness (QED) is 0.659. The fourth-order valence-electron chi connectivity index (χ4n) is 3.53. The molecule has 3 heterocycles. The number of aromatic nitrogens is 3. The normalized spacial score (nSPS) is 16.3. The number of fused-ring (bicyclic) bond motifs is 1. The minimum Gasteiger partial charge on any atom is -0.485 e. The Labute approximate surface area is 169 Å². The van der Waals surface area contributed by atoms with E-state index in [9.17, 15) is 18.0 Å². The number of furan rings is 1. The molecule has 0 bridgehead atoms. The van der Waals surface area contributed by atoms with Crippen molar-refractivity contribution in [3.05, 3.63) is 69.5 Å². The van der Waals surface area contributed by atoms with Crippen molar-refractivity contribution in [2.45, 2.75) is 44.4 Å². The second-order valence-corrected chi connectivity index (χ2v) is 7.52. The summed E-state index contributed by atoms with van der Waals surface area (Å²) in [7, 11) is 0. The third kappa shape index (κ3) is 3.67. The SMILES string of the molecule is O=c1cc(OCc2ccc(C(F)(F)F)o2)ccn1C1=Cc2nc(C3CC3)[nH]c2CC1. The van der Waals surface area contributed by atoms with Crippen LogP contribution in [0.3, 0.4) is 0 Å². The summed E-state index contributed by atoms with van der Waals surface area (Å²) in [6.07, 6.45) is 2.80. The van der Waals surface area contributed by atoms with Gasteiger partial charge in [-0.25, -0.2) is 4.98 Å². The molecule has 0 radical (unpaired) electrons. The average molecular weight is 417 g/mol. The maximum absolute atomic E-state index is 12.6. The Morgan fingerprint density at radius 3 is 2.77 bits per heavy atom. The number of imidazole rings is 1. The first-order chi connectivity index (χ1) is 14.4. The van der Waals surface area contributed by atoms with Crippen molar-refractivity contribution in [2.75, 3.05) is 0 Å². The highest BCUT2D eigenvalue weighted by molar-refractivity contribution is 5.73. The van der Waals surface area contributed by atoms with E-state index in [0.29, 0.717) is 12.3 Å². The molecular weight excluding hydrogens is 399 g/mol. The van der Waals surface area contributed by atoms with Crippen LogP contribution in [0, 0.1) is 0 Å². The number of pyridine rings is 1. The second-order valence-electron chi connectivity index (χ2n) is 7.52. The Kier molecular flexibility index (Phi) is 4.34. The molecule has 6 nitrogen and oxygen atoms in total. The van der Waals surface area contributed by atoms with Gasteiger partial charge in [-0.2, -0.15) is 13.2 Å². The number of hydrogen-bond donors (Lipinski definition) is 1. The van der Waals surface area contributed by atoms with Gasteiger partial charge in [-0.15, -0.1) is 0 Å². The number of alkyl halides is 3. The fraction of sp³-hybridized carbons (Fsp3) is 0.333. The number of aromatic amines is 1. The summed E-state index contributed by atoms with van der Waals surface area (Å²) < 4.78 is 49.4. The van der Waals surface area contributed by atoms with E-state index in [1.54, 1.807) is 12.3 Å². The van der Waals surface area contributed by atoms with E-state index in [1.807, 2.05) is 6.08 Å². The molecule has 1 saturated carbocycles. The van der Waals surface area contributed by atoms with Crippen LogP contribution in [0.2, 0.25) is 0 Å². The number of halogens is 3. The van der Waals surface area contributed by atoms with Gasteiger partial charge in [0.1, 0.15) is 23.9 Å². The van der Waals surface area contributed by atoms with Crippen molar-refractivity contribution < 1.29 is 22.3 Å². The molecule has 0 saturated heterocycles. The minimum atomic E-state index is -4.54. The van der Waals surface area contributed by atoms with Gasteiger partial charge in [0.05, 0.1) is 5.69 Å². The number of allylic oxidation sites excluding steroid dienone is 1. The molecule has 5 rings (SSSR count). The van der Waals surface area contributed by atoms with Crippen LogP contribution in [0.15, 0.2) is 39.7 Å². The topological polar surface area (TPSA) is 73.0 Å². The lowest BCUT2D eigenvalue weighted by atomic mass is 10.1. The van der Waals surface area contributed by atoms with Gasteiger partial charge in [-0.1, -0.05) is 0 Å². The van der Waals surface area contributed by atoms with Gasteiger partial charge in [0.2, 0.25) is 5.76 Å². The van der Waals surface area contributed by atoms with Crippen molar-refractivity contribution in [3.8, 4) is 5.75 Å². The zero-order valence-corrected chi connectivity index (χ0v) is 15.8. The highest BCUT2D eigenvalue weighted by Gasteiger charge is 2.34. The molecule has 0 spiro atoms. The molecule has 0 aromatic carbocycles. The van der Waals surface area contributed by atoms with Gasteiger partial charge in [0, 0.05) is 29.6 Å². The second kappa shape index (κ2) is 6.93. The molecule has 3 aromatic heterocycles. The van der Waals surface area contributed by atoms with Gasteiger partial charge in [-0.05, 0) is 50.0 Å². The molecule has 0 aliphatic heterocycles. The number of aryl methyl sites for hydroxylation is 1. The van der Waals surface area contributed by atoms with Crippen LogP contribution in [0.25, 0.3) is 11.8 Å². The van der Waals surface area contributed by atoms with Gasteiger partial charge < -0.3 is 14.1 Å². The van der Waals surface area contributed by atoms with Crippen LogP contribution >= 0.6 is 0 Å². The summed E-state index contributed by atoms with van der Waals surface area (Å²) in [6, 6.07) is 4.97. The molecule has 9 heteroatoms. The summed E-state index contributed by atoms with van der Waals surface area (Å²) in [6.45, 7) is -0.206. The van der Waals surface area contributed by atoms with Crippen LogP contribution in [0.4, 0.5) is 13.2 Å². The van der Waals surface area contributed by atoms with Crippen molar-refractivity contribution >= 4 is 11.8 Å². The van der Waals surface area contributed by atoms with E-state index in [1.165, 1.54) is 29.5 Å². The molecule has 2 aliphatic carbocycles. The number of H-pyrrole nitrogens is 1. The van der Waals surface area contributed by atoms with Crippen molar-refractivity contribution in [2.24, 2.45) is 0 Å². The number of ether oxygens (including phenoxy) is 1. The summed E-state index contributed by atoms with van der Waals surface area (Å²) in [4.78, 5) is 20.6. The number of rotatable bonds is 5. The van der Waals surface area contributed by atoms with Gasteiger partial charge in [-0.3, -0.25) is 9.36 Å². The zero-order chi connectivity index (χ0) is 20.9. The van der Waals surface area contributed by atoms with E-state index >= 15 is 0 Å². The Morgan fingerprint density at radius 2 is 2.07 bits per heavy atom. The summed E-state index contributed by atoms with van der Waals surface area (Å²) >= 11 is 0. The highest BCUT2D eigenvalue weighted by atomic mass is 19.4. The van der Waals surface area contributed by atoms with E-state index in [4.69, 9.17) is 9.15 Å². The first kappa shape index (κ1) is 18.8. The summed E-state index contributed by atoms with van der Waals surface area (Å²) in [5, 5.41) is 0. The Balaban J connectivity index is 1.30. The van der Waals surface area contributed by atoms with E-state index in [0.717, 1.165) is 35.4 Å². The van der Waals surface area contributed by atoms with Gasteiger partial charge >= 0.3 is 6.18 Å². The predicted octanol–water partition coefficient (Wildman–Crippen LogP) is 4.58. The van der Waals surface area contributed by atoms with E-state index < -0.39 is 11.9 Å². The standard InChI is InChI=1S/C21H18F3N3O3/c22-21(23,24)18-6-4-15(30-18)11-29-14-7-8-27(19(28)10-14)13-3-5-16-17(9-13)26-20(25-16)12-1-2-12/h4,6-10,12H,1-3,5,11H2,(H,25,26). The van der Waals surface area contributed by atoms with E-state index in [-0.39, 0.29) is 23.7 Å². The molecule has 1 fully saturated rings. The van der Waals surface area contributed by atoms with Crippen molar-refractivity contribution in [1.82, 2.24) is 14.5 Å². The van der Waals surface area contributed by atoms with Crippen LogP contribution < -0.4 is 10.3 Å². The molecule has 1 N–H and O–H groups in total. The Bertz CT molecular complexity index is 1180. The monoisotopic (exact) mass is 417 g/mol. The molecule has 0 unspecified atom stereocenters. The molecule has 30 heavy (non-hydrogen) atoms. The Hall–Kier alpha value is -3.23. The van der Waals surface area contributed by atoms with Crippen molar-refractivity contribution in [1.29, 1.82) is 0 Å². The van der Waals surface area contributed by atoms with Crippen LogP contribution in [-0.2, 0) is 19.2 Å². The zero-order valence-electron chi connectivity index (χ0n) is 15.8. The number of nitrogens with one attached hydrogen (secondary N) is 1. The van der Waals surface area contributed by atoms with Crippen molar-refractivity contribution in [3.63, 3.8) is 0 Å². The van der Waals surface area contributed by atoms with Crippen LogP contribution in [-0.4, -0.2) is 14.5 Å². The lowest BCUT2D eigenvalue weighted by molar-refractivity contribution is -0.153. The largest absolute Gasteiger partial charge is 0.485 e. The van der Waals surface area contributed by atoms with Gasteiger partial charge in [0.15, 0.2) is 0 Å². The molecule has 0 atom stereocenters. The first-order valence-corrected chi connectivity index (χ1v) is 9.68. The smallest absolute Gasteiger partial charge is 0.449 e. The fourth-order valence-corrected chi connectivity index (χ4v) is 3.53. The molecular formula is C21H18F3N3O3. The molecule has 0 amide bonds. The average Bonchev–Trinajstić information content (AvgIpc) is 3.27. The lowest BCUT2D eigenvalue weighted by Gasteiger charge is -2.15. The predicted molar refractivity (Wildman–Crippen MR) is 102 cm³/mol. The molecule has 3 aromatic rings. The third-order valence-corrected chi connectivity index (χ3v) is 5.25. The summed E-state index contributed by atoms with van der Waals surface area (Å²) in [5.41, 5.74) is 2.54. The number of nitrogens with zero attached hydrogens (tertiary/aromatic N) is 2. The number of hydrogen-bond acceptors (Lipinski definition) is 4. The molecule has 2 aliphatic rings. The van der Waals surface area contributed by atoms with Crippen LogP contribution in [0.1, 0.15) is 53.9 Å². The maximum atomic E-state index is 12.6. The minimum absolute atomic E-state index is 0.0269. The van der Waals surface area contributed by atoms with Gasteiger partial charge in [0.25, 0.3) is 5.56 Å². The Morgan fingerprint density at radius 1 is 1.23 bits per heavy atom. The van der Waals surface area contributed by atoms with Crippen LogP contribution in [0.5, 0.6) is 5.75 Å². The third-order valence-electron chi connectivity index (χ3n) is 5.25. The first-order valence-electron chi connectivity index (χ1n) is 9.68. The maximum Gasteiger partial charge on any atom is 0.449 e. The molecule has 156 valence electrons. The summed E-state index contributed by atoms with van der Waals surface area (Å²) in [5.74, 6) is 0.768.